The average Bonchev–Trinajstić information content (AvgIpc) is 3.24. The lowest BCUT2D eigenvalue weighted by atomic mass is 10.1. The Morgan fingerprint density at radius 3 is 2.52 bits per heavy atom. The molecule has 0 saturated heterocycles. The third-order valence-corrected chi connectivity index (χ3v) is 5.02. The highest BCUT2D eigenvalue weighted by Gasteiger charge is 2.31. The highest BCUT2D eigenvalue weighted by molar-refractivity contribution is 9.10. The van der Waals surface area contributed by atoms with Crippen molar-refractivity contribution in [2.75, 3.05) is 0 Å². The fraction of sp³-hybridized carbons (Fsp3) is 0.467. The zero-order chi connectivity index (χ0) is 15.4. The van der Waals surface area contributed by atoms with Crippen LogP contribution in [0.2, 0.25) is 0 Å². The van der Waals surface area contributed by atoms with E-state index in [4.69, 9.17) is 0 Å². The van der Waals surface area contributed by atoms with Gasteiger partial charge in [0.2, 0.25) is 5.91 Å². The average molecular weight is 372 g/mol. The van der Waals surface area contributed by atoms with Crippen LogP contribution in [0.1, 0.15) is 26.2 Å². The normalized spacial score (nSPS) is 17.0. The van der Waals surface area contributed by atoms with Gasteiger partial charge in [0.1, 0.15) is 6.04 Å². The number of amides is 1. The summed E-state index contributed by atoms with van der Waals surface area (Å²) in [6.45, 7) is 1.79. The summed E-state index contributed by atoms with van der Waals surface area (Å²) in [6, 6.07) is 6.92. The summed E-state index contributed by atoms with van der Waals surface area (Å²) < 4.78 is 0.985. The van der Waals surface area contributed by atoms with Crippen LogP contribution in [0.4, 0.5) is 0 Å². The van der Waals surface area contributed by atoms with E-state index in [2.05, 4.69) is 21.2 Å². The summed E-state index contributed by atoms with van der Waals surface area (Å²) >= 11 is 4.79. The van der Waals surface area contributed by atoms with Crippen LogP contribution < -0.4 is 5.32 Å². The van der Waals surface area contributed by atoms with Crippen molar-refractivity contribution < 1.29 is 14.7 Å². The topological polar surface area (TPSA) is 66.4 Å². The van der Waals surface area contributed by atoms with Gasteiger partial charge < -0.3 is 10.4 Å². The van der Waals surface area contributed by atoms with Crippen LogP contribution in [0, 0.1) is 5.92 Å². The molecule has 2 atom stereocenters. The molecule has 2 N–H and O–H groups in total. The number of benzene rings is 1. The van der Waals surface area contributed by atoms with E-state index < -0.39 is 12.0 Å². The molecule has 1 amide bonds. The molecule has 0 aliphatic heterocycles. The Balaban J connectivity index is 1.88. The van der Waals surface area contributed by atoms with Crippen LogP contribution in [-0.2, 0) is 9.59 Å². The first kappa shape index (κ1) is 16.4. The van der Waals surface area contributed by atoms with Crippen LogP contribution >= 0.6 is 27.7 Å². The maximum Gasteiger partial charge on any atom is 0.326 e. The number of nitrogens with one attached hydrogen (secondary N) is 1. The number of carbonyl (C=O) groups excluding carboxylic acids is 1. The van der Waals surface area contributed by atoms with E-state index in [-0.39, 0.29) is 11.2 Å². The van der Waals surface area contributed by atoms with Crippen molar-refractivity contribution in [2.24, 2.45) is 5.92 Å². The van der Waals surface area contributed by atoms with Gasteiger partial charge in [-0.05, 0) is 43.5 Å². The molecule has 1 aromatic carbocycles. The number of carbonyl (C=O) groups is 2. The predicted molar refractivity (Wildman–Crippen MR) is 86.4 cm³/mol. The Hall–Kier alpha value is -1.01. The lowest BCUT2D eigenvalue weighted by Crippen LogP contribution is -2.44. The molecule has 21 heavy (non-hydrogen) atoms. The van der Waals surface area contributed by atoms with Crippen molar-refractivity contribution in [1.29, 1.82) is 0 Å². The fourth-order valence-electron chi connectivity index (χ4n) is 1.97. The highest BCUT2D eigenvalue weighted by atomic mass is 79.9. The second kappa shape index (κ2) is 7.31. The summed E-state index contributed by atoms with van der Waals surface area (Å²) in [7, 11) is 0. The number of halogens is 1. The number of hydrogen-bond acceptors (Lipinski definition) is 3. The molecule has 0 aromatic heterocycles. The van der Waals surface area contributed by atoms with Gasteiger partial charge in [-0.15, -0.1) is 11.8 Å². The minimum Gasteiger partial charge on any atom is -0.480 e. The first-order valence-electron chi connectivity index (χ1n) is 6.91. The van der Waals surface area contributed by atoms with E-state index in [0.717, 1.165) is 22.2 Å². The van der Waals surface area contributed by atoms with Gasteiger partial charge >= 0.3 is 5.97 Å². The van der Waals surface area contributed by atoms with Crippen molar-refractivity contribution in [3.8, 4) is 0 Å². The van der Waals surface area contributed by atoms with E-state index in [1.807, 2.05) is 24.3 Å². The highest BCUT2D eigenvalue weighted by Crippen LogP contribution is 2.33. The first-order chi connectivity index (χ1) is 9.95. The number of hydrogen-bond donors (Lipinski definition) is 2. The van der Waals surface area contributed by atoms with Gasteiger partial charge in [-0.3, -0.25) is 4.79 Å². The molecule has 1 saturated carbocycles. The van der Waals surface area contributed by atoms with E-state index in [1.54, 1.807) is 6.92 Å². The third-order valence-electron chi connectivity index (χ3n) is 3.38. The van der Waals surface area contributed by atoms with Gasteiger partial charge in [0.25, 0.3) is 0 Å². The van der Waals surface area contributed by atoms with Gasteiger partial charge in [0.15, 0.2) is 0 Å². The third kappa shape index (κ3) is 5.36. The fourth-order valence-corrected chi connectivity index (χ4v) is 3.11. The van der Waals surface area contributed by atoms with Crippen molar-refractivity contribution in [3.05, 3.63) is 28.7 Å². The smallest absolute Gasteiger partial charge is 0.326 e. The molecule has 0 radical (unpaired) electrons. The van der Waals surface area contributed by atoms with Crippen molar-refractivity contribution >= 4 is 39.6 Å². The van der Waals surface area contributed by atoms with Crippen LogP contribution in [0.3, 0.4) is 0 Å². The van der Waals surface area contributed by atoms with Crippen LogP contribution in [0.15, 0.2) is 33.6 Å². The largest absolute Gasteiger partial charge is 0.480 e. The summed E-state index contributed by atoms with van der Waals surface area (Å²) in [4.78, 5) is 24.3. The number of thioether (sulfide) groups is 1. The van der Waals surface area contributed by atoms with Crippen LogP contribution in [0.25, 0.3) is 0 Å². The summed E-state index contributed by atoms with van der Waals surface area (Å²) in [5.41, 5.74) is 0. The van der Waals surface area contributed by atoms with Crippen molar-refractivity contribution in [1.82, 2.24) is 5.32 Å². The Kier molecular flexibility index (Phi) is 5.70. The molecule has 1 aliphatic carbocycles. The van der Waals surface area contributed by atoms with Gasteiger partial charge in [0, 0.05) is 9.37 Å². The van der Waals surface area contributed by atoms with Gasteiger partial charge in [0.05, 0.1) is 5.25 Å². The molecular formula is C15H18BrNO3S. The maximum atomic E-state index is 12.1. The molecule has 0 bridgehead atoms. The monoisotopic (exact) mass is 371 g/mol. The summed E-state index contributed by atoms with van der Waals surface area (Å²) in [5.74, 6) is -0.715. The number of aliphatic carboxylic acids is 1. The van der Waals surface area contributed by atoms with Crippen LogP contribution in [0.5, 0.6) is 0 Å². The van der Waals surface area contributed by atoms with E-state index in [1.165, 1.54) is 11.8 Å². The molecule has 0 spiro atoms. The molecule has 0 heterocycles. The van der Waals surface area contributed by atoms with E-state index >= 15 is 0 Å². The molecule has 6 heteroatoms. The summed E-state index contributed by atoms with van der Waals surface area (Å²) in [6.07, 6.45) is 2.68. The van der Waals surface area contributed by atoms with Gasteiger partial charge in [-0.2, -0.15) is 0 Å². The Morgan fingerprint density at radius 1 is 1.38 bits per heavy atom. The molecule has 2 rings (SSSR count). The lowest BCUT2D eigenvalue weighted by molar-refractivity contribution is -0.142. The maximum absolute atomic E-state index is 12.1. The van der Waals surface area contributed by atoms with Crippen LogP contribution in [-0.4, -0.2) is 28.3 Å². The van der Waals surface area contributed by atoms with Crippen molar-refractivity contribution in [2.45, 2.75) is 42.4 Å². The second-order valence-corrected chi connectivity index (χ2v) is 7.62. The first-order valence-corrected chi connectivity index (χ1v) is 8.58. The van der Waals surface area contributed by atoms with Crippen molar-refractivity contribution in [3.63, 3.8) is 0 Å². The minimum atomic E-state index is -0.948. The van der Waals surface area contributed by atoms with Gasteiger partial charge in [-0.25, -0.2) is 4.79 Å². The lowest BCUT2D eigenvalue weighted by Gasteiger charge is -2.17. The van der Waals surface area contributed by atoms with Gasteiger partial charge in [-0.1, -0.05) is 28.8 Å². The number of rotatable bonds is 7. The Morgan fingerprint density at radius 2 is 2.00 bits per heavy atom. The molecule has 2 unspecified atom stereocenters. The minimum absolute atomic E-state index is 0.226. The Labute approximate surface area is 136 Å². The molecule has 1 aromatic rings. The molecule has 1 aliphatic rings. The van der Waals surface area contributed by atoms with E-state index in [9.17, 15) is 14.7 Å². The predicted octanol–water partition coefficient (Wildman–Crippen LogP) is 3.30. The molecular weight excluding hydrogens is 354 g/mol. The zero-order valence-corrected chi connectivity index (χ0v) is 14.1. The summed E-state index contributed by atoms with van der Waals surface area (Å²) in [5, 5.41) is 11.5. The zero-order valence-electron chi connectivity index (χ0n) is 11.7. The molecule has 1 fully saturated rings. The number of carboxylic acid groups (broad SMARTS) is 1. The van der Waals surface area contributed by atoms with E-state index in [0.29, 0.717) is 12.3 Å². The second-order valence-electron chi connectivity index (χ2n) is 5.29. The number of carboxylic acids is 1. The quantitative estimate of drug-likeness (QED) is 0.721. The Bertz CT molecular complexity index is 516. The standard InChI is InChI=1S/C15H18BrNO3S/c1-9(21-12-6-4-11(16)5-7-12)14(18)17-13(15(19)20)8-10-2-3-10/h4-7,9-10,13H,2-3,8H2,1H3,(H,17,18)(H,19,20). The SMILES string of the molecule is CC(Sc1ccc(Br)cc1)C(=O)NC(CC1CC1)C(=O)O. The molecule has 4 nitrogen and oxygen atoms in total. The molecule has 114 valence electrons.